The highest BCUT2D eigenvalue weighted by Gasteiger charge is 2.90. The Morgan fingerprint density at radius 3 is 1.26 bits per heavy atom. The van der Waals surface area contributed by atoms with Gasteiger partial charge >= 0.3 is 35.8 Å². The monoisotopic (exact) mass is 424 g/mol. The van der Waals surface area contributed by atoms with Crippen molar-refractivity contribution in [1.82, 2.24) is 0 Å². The Balaban J connectivity index is 3.52. The SMILES string of the molecule is CCc1ccc(C(F)(F)C(F)(F)C(F)(F)C(F)(F)C(F)(F)C(F)(F)F)cc1. The molecular weight excluding hydrogens is 415 g/mol. The normalized spacial score (nSPS) is 15.2. The van der Waals surface area contributed by atoms with E-state index in [-0.39, 0.29) is 24.1 Å². The Bertz CT molecular complexity index is 655. The second kappa shape index (κ2) is 6.43. The topological polar surface area (TPSA) is 0 Å². The van der Waals surface area contributed by atoms with Gasteiger partial charge in [-0.2, -0.15) is 57.1 Å². The average Bonchev–Trinajstić information content (AvgIpc) is 2.53. The zero-order valence-electron chi connectivity index (χ0n) is 12.9. The highest BCUT2D eigenvalue weighted by molar-refractivity contribution is 5.29. The van der Waals surface area contributed by atoms with Gasteiger partial charge in [0.2, 0.25) is 0 Å². The molecule has 0 bridgehead atoms. The molecule has 1 rings (SSSR count). The molecule has 0 aliphatic heterocycles. The van der Waals surface area contributed by atoms with E-state index in [4.69, 9.17) is 0 Å². The largest absolute Gasteiger partial charge is 0.460 e. The van der Waals surface area contributed by atoms with Crippen LogP contribution in [0.4, 0.5) is 57.1 Å². The summed E-state index contributed by atoms with van der Waals surface area (Å²) in [6.07, 6.45) is -7.23. The van der Waals surface area contributed by atoms with E-state index in [0.29, 0.717) is 0 Å². The lowest BCUT2D eigenvalue weighted by atomic mass is 9.90. The summed E-state index contributed by atoms with van der Waals surface area (Å²) in [5.41, 5.74) is -1.74. The van der Waals surface area contributed by atoms with Crippen molar-refractivity contribution in [2.75, 3.05) is 0 Å². The molecule has 1 aromatic rings. The minimum atomic E-state index is -7.88. The molecule has 0 amide bonds. The van der Waals surface area contributed by atoms with Crippen LogP contribution in [0.1, 0.15) is 18.1 Å². The number of hydrogen-bond donors (Lipinski definition) is 0. The summed E-state index contributed by atoms with van der Waals surface area (Å²) in [4.78, 5) is 0. The molecule has 0 aliphatic carbocycles. The Hall–Kier alpha value is -1.69. The van der Waals surface area contributed by atoms with Crippen molar-refractivity contribution in [3.8, 4) is 0 Å². The lowest BCUT2D eigenvalue weighted by Gasteiger charge is -2.39. The van der Waals surface area contributed by atoms with Gasteiger partial charge < -0.3 is 0 Å². The fourth-order valence-corrected chi connectivity index (χ4v) is 1.90. The second-order valence-corrected chi connectivity index (χ2v) is 5.42. The Morgan fingerprint density at radius 2 is 0.926 bits per heavy atom. The molecule has 0 aromatic heterocycles. The lowest BCUT2D eigenvalue weighted by molar-refractivity contribution is -0.441. The van der Waals surface area contributed by atoms with Crippen molar-refractivity contribution in [3.63, 3.8) is 0 Å². The predicted octanol–water partition coefficient (Wildman–Crippen LogP) is 6.44. The van der Waals surface area contributed by atoms with Crippen LogP contribution in [0, 0.1) is 0 Å². The molecule has 0 fully saturated rings. The van der Waals surface area contributed by atoms with Gasteiger partial charge in [-0.25, -0.2) is 0 Å². The standard InChI is InChI=1S/C14H9F13/c1-2-7-3-5-8(6-4-7)9(15,16)10(17,18)11(19,20)12(21,22)13(23,24)14(25,26)27/h3-6H,2H2,1H3. The minimum Gasteiger partial charge on any atom is -0.194 e. The summed E-state index contributed by atoms with van der Waals surface area (Å²) in [6.45, 7) is 1.48. The zero-order chi connectivity index (χ0) is 21.7. The number of benzene rings is 1. The summed E-state index contributed by atoms with van der Waals surface area (Å²) in [7, 11) is 0. The molecule has 0 aliphatic rings. The fourth-order valence-electron chi connectivity index (χ4n) is 1.90. The molecule has 156 valence electrons. The molecule has 0 N–H and O–H groups in total. The highest BCUT2D eigenvalue weighted by atomic mass is 19.4. The molecule has 0 saturated heterocycles. The van der Waals surface area contributed by atoms with Gasteiger partial charge in [0.05, 0.1) is 0 Å². The van der Waals surface area contributed by atoms with E-state index in [0.717, 1.165) is 12.1 Å². The molecule has 0 unspecified atom stereocenters. The summed E-state index contributed by atoms with van der Waals surface area (Å²) in [6, 6.07) is 1.76. The summed E-state index contributed by atoms with van der Waals surface area (Å²) in [5, 5.41) is 0. The number of halogens is 13. The quantitative estimate of drug-likeness (QED) is 0.461. The van der Waals surface area contributed by atoms with Crippen LogP contribution in [0.5, 0.6) is 0 Å². The van der Waals surface area contributed by atoms with Gasteiger partial charge in [0.25, 0.3) is 0 Å². The van der Waals surface area contributed by atoms with Crippen molar-refractivity contribution >= 4 is 0 Å². The third-order valence-electron chi connectivity index (χ3n) is 3.66. The van der Waals surface area contributed by atoms with Crippen LogP contribution in [-0.2, 0) is 12.3 Å². The van der Waals surface area contributed by atoms with Crippen LogP contribution in [0.2, 0.25) is 0 Å². The van der Waals surface area contributed by atoms with Gasteiger partial charge in [0, 0.05) is 5.56 Å². The summed E-state index contributed by atoms with van der Waals surface area (Å²) < 4.78 is 169. The summed E-state index contributed by atoms with van der Waals surface area (Å²) >= 11 is 0. The van der Waals surface area contributed by atoms with E-state index < -0.39 is 41.4 Å². The van der Waals surface area contributed by atoms with E-state index >= 15 is 0 Å². The van der Waals surface area contributed by atoms with Gasteiger partial charge in [0.15, 0.2) is 0 Å². The van der Waals surface area contributed by atoms with E-state index in [1.54, 1.807) is 0 Å². The fraction of sp³-hybridized carbons (Fsp3) is 0.571. The van der Waals surface area contributed by atoms with Crippen molar-refractivity contribution in [2.24, 2.45) is 0 Å². The molecule has 0 radical (unpaired) electrons. The molecule has 0 nitrogen and oxygen atoms in total. The third-order valence-corrected chi connectivity index (χ3v) is 3.66. The Labute approximate surface area is 143 Å². The predicted molar refractivity (Wildman–Crippen MR) is 65.6 cm³/mol. The van der Waals surface area contributed by atoms with E-state index in [2.05, 4.69) is 0 Å². The van der Waals surface area contributed by atoms with Crippen LogP contribution >= 0.6 is 0 Å². The van der Waals surface area contributed by atoms with E-state index in [1.165, 1.54) is 6.92 Å². The molecule has 0 atom stereocenters. The van der Waals surface area contributed by atoms with Crippen molar-refractivity contribution in [3.05, 3.63) is 35.4 Å². The van der Waals surface area contributed by atoms with E-state index in [1.807, 2.05) is 0 Å². The van der Waals surface area contributed by atoms with Crippen LogP contribution in [0.25, 0.3) is 0 Å². The van der Waals surface area contributed by atoms with Crippen LogP contribution in [-0.4, -0.2) is 29.9 Å². The third kappa shape index (κ3) is 3.22. The smallest absolute Gasteiger partial charge is 0.194 e. The maximum atomic E-state index is 13.8. The van der Waals surface area contributed by atoms with Crippen LogP contribution < -0.4 is 0 Å². The number of rotatable bonds is 6. The first kappa shape index (κ1) is 23.3. The first-order chi connectivity index (χ1) is 11.8. The molecule has 13 heteroatoms. The lowest BCUT2D eigenvalue weighted by Crippen LogP contribution is -2.69. The Kier molecular flexibility index (Phi) is 5.56. The number of aryl methyl sites for hydroxylation is 1. The average molecular weight is 424 g/mol. The molecule has 0 heterocycles. The number of alkyl halides is 13. The van der Waals surface area contributed by atoms with Gasteiger partial charge in [-0.1, -0.05) is 31.2 Å². The molecular formula is C14H9F13. The Morgan fingerprint density at radius 1 is 0.556 bits per heavy atom. The maximum Gasteiger partial charge on any atom is 0.460 e. The first-order valence-corrected chi connectivity index (χ1v) is 6.84. The molecule has 0 saturated carbocycles. The minimum absolute atomic E-state index is 0.142. The zero-order valence-corrected chi connectivity index (χ0v) is 12.9. The van der Waals surface area contributed by atoms with Gasteiger partial charge in [-0.05, 0) is 12.0 Å². The van der Waals surface area contributed by atoms with Gasteiger partial charge in [-0.3, -0.25) is 0 Å². The van der Waals surface area contributed by atoms with Crippen molar-refractivity contribution in [1.29, 1.82) is 0 Å². The maximum absolute atomic E-state index is 13.8. The van der Waals surface area contributed by atoms with Crippen LogP contribution in [0.3, 0.4) is 0 Å². The first-order valence-electron chi connectivity index (χ1n) is 6.84. The van der Waals surface area contributed by atoms with Gasteiger partial charge in [0.1, 0.15) is 0 Å². The van der Waals surface area contributed by atoms with Gasteiger partial charge in [-0.15, -0.1) is 0 Å². The van der Waals surface area contributed by atoms with Crippen molar-refractivity contribution < 1.29 is 57.1 Å². The molecule has 27 heavy (non-hydrogen) atoms. The van der Waals surface area contributed by atoms with Crippen LogP contribution in [0.15, 0.2) is 24.3 Å². The number of hydrogen-bond acceptors (Lipinski definition) is 0. The van der Waals surface area contributed by atoms with Crippen molar-refractivity contribution in [2.45, 2.75) is 49.1 Å². The molecule has 0 spiro atoms. The van der Waals surface area contributed by atoms with E-state index in [9.17, 15) is 57.1 Å². The summed E-state index contributed by atoms with van der Waals surface area (Å²) in [5.74, 6) is -36.9. The molecule has 1 aromatic carbocycles. The second-order valence-electron chi connectivity index (χ2n) is 5.42. The highest BCUT2D eigenvalue weighted by Crippen LogP contribution is 2.61.